The third-order valence-corrected chi connectivity index (χ3v) is 6.12. The highest BCUT2D eigenvalue weighted by Crippen LogP contribution is 2.51. The Labute approximate surface area is 124 Å². The lowest BCUT2D eigenvalue weighted by Crippen LogP contribution is -2.27. The van der Waals surface area contributed by atoms with Gasteiger partial charge in [-0.3, -0.25) is 4.79 Å². The van der Waals surface area contributed by atoms with Crippen molar-refractivity contribution < 1.29 is 19.0 Å². The van der Waals surface area contributed by atoms with Crippen LogP contribution in [0.1, 0.15) is 44.9 Å². The van der Waals surface area contributed by atoms with E-state index in [0.717, 1.165) is 43.8 Å². The van der Waals surface area contributed by atoms with Gasteiger partial charge < -0.3 is 14.2 Å². The van der Waals surface area contributed by atoms with E-state index in [4.69, 9.17) is 14.2 Å². The van der Waals surface area contributed by atoms with Crippen molar-refractivity contribution in [1.82, 2.24) is 0 Å². The van der Waals surface area contributed by atoms with E-state index in [1.54, 1.807) is 0 Å². The molecule has 3 fully saturated rings. The molecule has 0 bridgehead atoms. The molecule has 0 aromatic heterocycles. The number of ether oxygens (including phenoxy) is 3. The number of rotatable bonds is 6. The third-order valence-electron chi connectivity index (χ3n) is 4.70. The second-order valence-corrected chi connectivity index (χ2v) is 7.47. The molecule has 3 aliphatic rings. The van der Waals surface area contributed by atoms with Crippen LogP contribution in [0.3, 0.4) is 0 Å². The summed E-state index contributed by atoms with van der Waals surface area (Å²) in [5, 5.41) is 0. The minimum absolute atomic E-state index is 0.0755. The summed E-state index contributed by atoms with van der Waals surface area (Å²) in [4.78, 5) is 11.4. The van der Waals surface area contributed by atoms with E-state index < -0.39 is 0 Å². The van der Waals surface area contributed by atoms with Gasteiger partial charge in [-0.15, -0.1) is 0 Å². The predicted octanol–water partition coefficient (Wildman–Crippen LogP) is 2.75. The first-order valence-corrected chi connectivity index (χ1v) is 8.77. The number of hydrogen-bond acceptors (Lipinski definition) is 5. The SMILES string of the molecule is COC(=O)CC1(CSCC2COC3(CCCC3)O2)CC1. The molecule has 2 aliphatic carbocycles. The lowest BCUT2D eigenvalue weighted by Gasteiger charge is -2.22. The number of carbonyl (C=O) groups excluding carboxylic acids is 1. The van der Waals surface area contributed by atoms with Crippen LogP contribution in [0.15, 0.2) is 0 Å². The molecule has 1 saturated heterocycles. The Kier molecular flexibility index (Phi) is 4.29. The molecule has 0 N–H and O–H groups in total. The van der Waals surface area contributed by atoms with Gasteiger partial charge >= 0.3 is 5.97 Å². The maximum Gasteiger partial charge on any atom is 0.306 e. The van der Waals surface area contributed by atoms with Gasteiger partial charge in [-0.2, -0.15) is 11.8 Å². The molecule has 5 heteroatoms. The Morgan fingerprint density at radius 1 is 1.30 bits per heavy atom. The van der Waals surface area contributed by atoms with Gasteiger partial charge in [0.1, 0.15) is 0 Å². The van der Waals surface area contributed by atoms with Crippen LogP contribution < -0.4 is 0 Å². The van der Waals surface area contributed by atoms with Crippen molar-refractivity contribution >= 4 is 17.7 Å². The van der Waals surface area contributed by atoms with Gasteiger partial charge in [0, 0.05) is 18.6 Å². The van der Waals surface area contributed by atoms with Crippen LogP contribution in [0.4, 0.5) is 0 Å². The van der Waals surface area contributed by atoms with Crippen LogP contribution in [0.5, 0.6) is 0 Å². The average molecular weight is 300 g/mol. The Balaban J connectivity index is 1.37. The molecule has 1 unspecified atom stereocenters. The fraction of sp³-hybridized carbons (Fsp3) is 0.933. The Hall–Kier alpha value is -0.260. The average Bonchev–Trinajstić information content (AvgIpc) is 2.89. The van der Waals surface area contributed by atoms with Crippen molar-refractivity contribution in [2.45, 2.75) is 56.8 Å². The standard InChI is InChI=1S/C15H24O4S/c1-17-13(16)8-14(6-7-14)11-20-10-12-9-18-15(19-12)4-2-3-5-15/h12H,2-11H2,1H3. The summed E-state index contributed by atoms with van der Waals surface area (Å²) in [7, 11) is 1.47. The zero-order chi connectivity index (χ0) is 14.1. The van der Waals surface area contributed by atoms with E-state index >= 15 is 0 Å². The first-order chi connectivity index (χ1) is 9.65. The molecule has 2 saturated carbocycles. The van der Waals surface area contributed by atoms with E-state index in [2.05, 4.69) is 0 Å². The van der Waals surface area contributed by atoms with Gasteiger partial charge in [0.25, 0.3) is 0 Å². The van der Waals surface area contributed by atoms with Crippen LogP contribution in [0.25, 0.3) is 0 Å². The topological polar surface area (TPSA) is 44.8 Å². The maximum absolute atomic E-state index is 11.4. The van der Waals surface area contributed by atoms with Crippen molar-refractivity contribution in [3.05, 3.63) is 0 Å². The van der Waals surface area contributed by atoms with Gasteiger partial charge in [-0.05, 0) is 36.9 Å². The van der Waals surface area contributed by atoms with E-state index in [0.29, 0.717) is 6.42 Å². The smallest absolute Gasteiger partial charge is 0.306 e. The Morgan fingerprint density at radius 3 is 2.70 bits per heavy atom. The monoisotopic (exact) mass is 300 g/mol. The zero-order valence-corrected chi connectivity index (χ0v) is 13.0. The zero-order valence-electron chi connectivity index (χ0n) is 12.2. The van der Waals surface area contributed by atoms with E-state index in [9.17, 15) is 4.79 Å². The summed E-state index contributed by atoms with van der Waals surface area (Å²) in [6.45, 7) is 0.733. The summed E-state index contributed by atoms with van der Waals surface area (Å²) in [5.74, 6) is 1.70. The summed E-state index contributed by atoms with van der Waals surface area (Å²) < 4.78 is 16.8. The molecule has 4 nitrogen and oxygen atoms in total. The molecule has 1 aliphatic heterocycles. The minimum atomic E-state index is -0.242. The molecule has 1 atom stereocenters. The normalized spacial score (nSPS) is 29.8. The Morgan fingerprint density at radius 2 is 2.05 bits per heavy atom. The number of methoxy groups -OCH3 is 1. The molecule has 0 amide bonds. The first kappa shape index (κ1) is 14.7. The third kappa shape index (κ3) is 3.31. The van der Waals surface area contributed by atoms with E-state index in [1.165, 1.54) is 20.0 Å². The second kappa shape index (κ2) is 5.85. The number of esters is 1. The first-order valence-electron chi connectivity index (χ1n) is 7.62. The van der Waals surface area contributed by atoms with Crippen LogP contribution >= 0.6 is 11.8 Å². The lowest BCUT2D eigenvalue weighted by atomic mass is 10.1. The number of carbonyl (C=O) groups is 1. The van der Waals surface area contributed by atoms with Crippen LogP contribution in [-0.2, 0) is 19.0 Å². The van der Waals surface area contributed by atoms with Crippen molar-refractivity contribution in [3.8, 4) is 0 Å². The summed E-state index contributed by atoms with van der Waals surface area (Å²) in [6.07, 6.45) is 7.67. The van der Waals surface area contributed by atoms with Crippen LogP contribution in [-0.4, -0.2) is 43.1 Å². The van der Waals surface area contributed by atoms with Crippen molar-refractivity contribution in [2.24, 2.45) is 5.41 Å². The number of hydrogen-bond donors (Lipinski definition) is 0. The summed E-state index contributed by atoms with van der Waals surface area (Å²) >= 11 is 1.90. The molecule has 3 rings (SSSR count). The second-order valence-electron chi connectivity index (χ2n) is 6.44. The van der Waals surface area contributed by atoms with Gasteiger partial charge in [0.15, 0.2) is 5.79 Å². The molecule has 114 valence electrons. The summed E-state index contributed by atoms with van der Waals surface area (Å²) in [5.41, 5.74) is 0.211. The van der Waals surface area contributed by atoms with Gasteiger partial charge in [-0.1, -0.05) is 0 Å². The van der Waals surface area contributed by atoms with Gasteiger partial charge in [-0.25, -0.2) is 0 Å². The molecule has 1 spiro atoms. The molecule has 0 radical (unpaired) electrons. The molecule has 0 aromatic carbocycles. The highest BCUT2D eigenvalue weighted by Gasteiger charge is 2.46. The van der Waals surface area contributed by atoms with Crippen molar-refractivity contribution in [1.29, 1.82) is 0 Å². The van der Waals surface area contributed by atoms with Crippen LogP contribution in [0, 0.1) is 5.41 Å². The van der Waals surface area contributed by atoms with E-state index in [-0.39, 0.29) is 23.3 Å². The largest absolute Gasteiger partial charge is 0.469 e. The molecule has 0 aromatic rings. The maximum atomic E-state index is 11.4. The number of thioether (sulfide) groups is 1. The summed E-state index contributed by atoms with van der Waals surface area (Å²) in [6, 6.07) is 0. The van der Waals surface area contributed by atoms with Crippen molar-refractivity contribution in [3.63, 3.8) is 0 Å². The lowest BCUT2D eigenvalue weighted by molar-refractivity contribution is -0.159. The highest BCUT2D eigenvalue weighted by molar-refractivity contribution is 7.99. The predicted molar refractivity (Wildman–Crippen MR) is 77.6 cm³/mol. The fourth-order valence-corrected chi connectivity index (χ4v) is 4.58. The quantitative estimate of drug-likeness (QED) is 0.706. The van der Waals surface area contributed by atoms with Gasteiger partial charge in [0.05, 0.1) is 26.2 Å². The minimum Gasteiger partial charge on any atom is -0.469 e. The molecular formula is C15H24O4S. The van der Waals surface area contributed by atoms with Crippen LogP contribution in [0.2, 0.25) is 0 Å². The fourth-order valence-electron chi connectivity index (χ4n) is 3.21. The van der Waals surface area contributed by atoms with Crippen molar-refractivity contribution in [2.75, 3.05) is 25.2 Å². The Bertz CT molecular complexity index is 361. The van der Waals surface area contributed by atoms with E-state index in [1.807, 2.05) is 11.8 Å². The molecular weight excluding hydrogens is 276 g/mol. The molecule has 20 heavy (non-hydrogen) atoms. The highest BCUT2D eigenvalue weighted by atomic mass is 32.2. The van der Waals surface area contributed by atoms with Gasteiger partial charge in [0.2, 0.25) is 0 Å². The molecule has 1 heterocycles.